The van der Waals surface area contributed by atoms with Gasteiger partial charge in [-0.3, -0.25) is 4.79 Å². The molecule has 4 nitrogen and oxygen atoms in total. The Labute approximate surface area is 166 Å². The van der Waals surface area contributed by atoms with Gasteiger partial charge in [0.15, 0.2) is 0 Å². The Kier molecular flexibility index (Phi) is 5.58. The molecule has 4 rings (SSSR count). The van der Waals surface area contributed by atoms with Crippen molar-refractivity contribution < 1.29 is 4.74 Å². The zero-order chi connectivity index (χ0) is 19.3. The molecule has 0 N–H and O–H groups in total. The highest BCUT2D eigenvalue weighted by Crippen LogP contribution is 2.20. The number of aromatic nitrogens is 1. The molecule has 144 valence electrons. The monoisotopic (exact) mass is 374 g/mol. The lowest BCUT2D eigenvalue weighted by Gasteiger charge is -2.25. The van der Waals surface area contributed by atoms with E-state index in [1.807, 2.05) is 42.6 Å². The van der Waals surface area contributed by atoms with Crippen molar-refractivity contribution in [1.82, 2.24) is 9.47 Å². The SMILES string of the molecule is CN1CCc2ccc(CCn3ccc(OCc4ccccc4)cc3=O)cc2C1. The van der Waals surface area contributed by atoms with E-state index in [1.54, 1.807) is 10.6 Å². The highest BCUT2D eigenvalue weighted by molar-refractivity contribution is 5.34. The number of hydrogen-bond donors (Lipinski definition) is 0. The molecule has 0 unspecified atom stereocenters. The van der Waals surface area contributed by atoms with Crippen molar-refractivity contribution in [3.63, 3.8) is 0 Å². The van der Waals surface area contributed by atoms with Gasteiger partial charge in [-0.2, -0.15) is 0 Å². The lowest BCUT2D eigenvalue weighted by Crippen LogP contribution is -2.26. The lowest BCUT2D eigenvalue weighted by molar-refractivity contribution is 0.305. The number of benzene rings is 2. The molecular weight excluding hydrogens is 348 g/mol. The molecule has 28 heavy (non-hydrogen) atoms. The number of fused-ring (bicyclic) bond motifs is 1. The third-order valence-electron chi connectivity index (χ3n) is 5.33. The minimum atomic E-state index is -0.0248. The van der Waals surface area contributed by atoms with Crippen LogP contribution in [0.5, 0.6) is 5.75 Å². The number of likely N-dealkylation sites (N-methyl/N-ethyl adjacent to an activating group) is 1. The summed E-state index contributed by atoms with van der Waals surface area (Å²) in [6.07, 6.45) is 3.80. The molecule has 0 atom stereocenters. The topological polar surface area (TPSA) is 34.5 Å². The number of pyridine rings is 1. The van der Waals surface area contributed by atoms with E-state index >= 15 is 0 Å². The molecule has 0 saturated heterocycles. The molecule has 1 aliphatic heterocycles. The summed E-state index contributed by atoms with van der Waals surface area (Å²) in [6.45, 7) is 3.28. The van der Waals surface area contributed by atoms with Crippen LogP contribution in [0.15, 0.2) is 71.7 Å². The Bertz CT molecular complexity index is 995. The first-order valence-corrected chi connectivity index (χ1v) is 9.84. The first-order valence-electron chi connectivity index (χ1n) is 9.84. The largest absolute Gasteiger partial charge is 0.489 e. The molecule has 4 heteroatoms. The van der Waals surface area contributed by atoms with Gasteiger partial charge >= 0.3 is 0 Å². The van der Waals surface area contributed by atoms with Crippen molar-refractivity contribution in [2.75, 3.05) is 13.6 Å². The van der Waals surface area contributed by atoms with Gasteiger partial charge in [-0.15, -0.1) is 0 Å². The maximum atomic E-state index is 12.4. The second kappa shape index (κ2) is 8.44. The van der Waals surface area contributed by atoms with Crippen LogP contribution in [0.3, 0.4) is 0 Å². The third-order valence-corrected chi connectivity index (χ3v) is 5.33. The van der Waals surface area contributed by atoms with Crippen LogP contribution in [0.25, 0.3) is 0 Å². The first-order chi connectivity index (χ1) is 13.7. The van der Waals surface area contributed by atoms with Crippen LogP contribution in [0.1, 0.15) is 22.3 Å². The van der Waals surface area contributed by atoms with Gasteiger partial charge in [0, 0.05) is 31.9 Å². The van der Waals surface area contributed by atoms with Gasteiger partial charge < -0.3 is 14.2 Å². The van der Waals surface area contributed by atoms with Crippen molar-refractivity contribution in [1.29, 1.82) is 0 Å². The summed E-state index contributed by atoms with van der Waals surface area (Å²) in [7, 11) is 2.16. The van der Waals surface area contributed by atoms with E-state index in [2.05, 4.69) is 30.1 Å². The van der Waals surface area contributed by atoms with Crippen LogP contribution in [0.4, 0.5) is 0 Å². The number of nitrogens with zero attached hydrogens (tertiary/aromatic N) is 2. The van der Waals surface area contributed by atoms with Crippen LogP contribution >= 0.6 is 0 Å². The number of hydrogen-bond acceptors (Lipinski definition) is 3. The molecule has 1 aliphatic rings. The summed E-state index contributed by atoms with van der Waals surface area (Å²) in [5.74, 6) is 0.613. The normalized spacial score (nSPS) is 13.9. The van der Waals surface area contributed by atoms with Crippen LogP contribution in [-0.4, -0.2) is 23.1 Å². The minimum Gasteiger partial charge on any atom is -0.489 e. The zero-order valence-corrected chi connectivity index (χ0v) is 16.3. The molecule has 2 aromatic carbocycles. The van der Waals surface area contributed by atoms with Crippen LogP contribution in [0.2, 0.25) is 0 Å². The predicted octanol–water partition coefficient (Wildman–Crippen LogP) is 3.66. The van der Waals surface area contributed by atoms with Crippen molar-refractivity contribution in [2.24, 2.45) is 0 Å². The molecule has 1 aromatic heterocycles. The van der Waals surface area contributed by atoms with Gasteiger partial charge in [-0.1, -0.05) is 48.5 Å². The fourth-order valence-corrected chi connectivity index (χ4v) is 3.66. The molecular formula is C24H26N2O2. The van der Waals surface area contributed by atoms with Gasteiger partial charge in [-0.25, -0.2) is 0 Å². The minimum absolute atomic E-state index is 0.0248. The van der Waals surface area contributed by atoms with E-state index < -0.39 is 0 Å². The summed E-state index contributed by atoms with van der Waals surface area (Å²) in [6, 6.07) is 20.2. The number of rotatable bonds is 6. The van der Waals surface area contributed by atoms with Crippen LogP contribution < -0.4 is 10.3 Å². The van der Waals surface area contributed by atoms with E-state index in [-0.39, 0.29) is 5.56 Å². The first kappa shape index (κ1) is 18.5. The smallest absolute Gasteiger partial charge is 0.254 e. The molecule has 0 fully saturated rings. The van der Waals surface area contributed by atoms with Gasteiger partial charge in [0.25, 0.3) is 5.56 Å². The molecule has 0 amide bonds. The fraction of sp³-hybridized carbons (Fsp3) is 0.292. The Balaban J connectivity index is 1.37. The Morgan fingerprint density at radius 1 is 0.964 bits per heavy atom. The van der Waals surface area contributed by atoms with Crippen molar-refractivity contribution >= 4 is 0 Å². The van der Waals surface area contributed by atoms with E-state index in [9.17, 15) is 4.79 Å². The summed E-state index contributed by atoms with van der Waals surface area (Å²) < 4.78 is 7.50. The second-order valence-corrected chi connectivity index (χ2v) is 7.51. The molecule has 0 spiro atoms. The molecule has 2 heterocycles. The Hall–Kier alpha value is -2.85. The van der Waals surface area contributed by atoms with E-state index in [1.165, 1.54) is 16.7 Å². The van der Waals surface area contributed by atoms with Crippen LogP contribution in [-0.2, 0) is 32.5 Å². The molecule has 0 aliphatic carbocycles. The number of aryl methyl sites for hydroxylation is 2. The predicted molar refractivity (Wildman–Crippen MR) is 112 cm³/mol. The number of ether oxygens (including phenoxy) is 1. The molecule has 0 radical (unpaired) electrons. The highest BCUT2D eigenvalue weighted by Gasteiger charge is 2.13. The molecule has 0 saturated carbocycles. The van der Waals surface area contributed by atoms with E-state index in [0.717, 1.165) is 31.5 Å². The van der Waals surface area contributed by atoms with Gasteiger partial charge in [0.05, 0.1) is 0 Å². The van der Waals surface area contributed by atoms with Gasteiger partial charge in [-0.05, 0) is 48.2 Å². The van der Waals surface area contributed by atoms with Crippen molar-refractivity contribution in [2.45, 2.75) is 32.5 Å². The summed E-state index contributed by atoms with van der Waals surface area (Å²) in [5, 5.41) is 0. The average molecular weight is 374 g/mol. The zero-order valence-electron chi connectivity index (χ0n) is 16.3. The summed E-state index contributed by atoms with van der Waals surface area (Å²) in [5.41, 5.74) is 5.22. The van der Waals surface area contributed by atoms with Gasteiger partial charge in [0.2, 0.25) is 0 Å². The molecule has 3 aromatic rings. The Morgan fingerprint density at radius 2 is 1.82 bits per heavy atom. The maximum Gasteiger partial charge on any atom is 0.254 e. The summed E-state index contributed by atoms with van der Waals surface area (Å²) in [4.78, 5) is 14.8. The highest BCUT2D eigenvalue weighted by atomic mass is 16.5. The maximum absolute atomic E-state index is 12.4. The second-order valence-electron chi connectivity index (χ2n) is 7.51. The van der Waals surface area contributed by atoms with Crippen molar-refractivity contribution in [3.05, 3.63) is 99.5 Å². The summed E-state index contributed by atoms with van der Waals surface area (Å²) >= 11 is 0. The quantitative estimate of drug-likeness (QED) is 0.660. The van der Waals surface area contributed by atoms with Crippen molar-refractivity contribution in [3.8, 4) is 5.75 Å². The standard InChI is InChI=1S/C24H26N2O2/c1-25-12-10-21-8-7-19(15-22(21)17-25)9-13-26-14-11-23(16-24(26)27)28-18-20-5-3-2-4-6-20/h2-8,11,14-16H,9-10,12-13,17-18H2,1H3. The fourth-order valence-electron chi connectivity index (χ4n) is 3.66. The van der Waals surface area contributed by atoms with E-state index in [4.69, 9.17) is 4.74 Å². The molecule has 0 bridgehead atoms. The van der Waals surface area contributed by atoms with Gasteiger partial charge in [0.1, 0.15) is 12.4 Å². The lowest BCUT2D eigenvalue weighted by atomic mass is 9.97. The van der Waals surface area contributed by atoms with Crippen LogP contribution in [0, 0.1) is 0 Å². The Morgan fingerprint density at radius 3 is 2.64 bits per heavy atom. The average Bonchev–Trinajstić information content (AvgIpc) is 2.72. The third kappa shape index (κ3) is 4.52. The van der Waals surface area contributed by atoms with E-state index in [0.29, 0.717) is 18.9 Å².